The van der Waals surface area contributed by atoms with Gasteiger partial charge in [-0.1, -0.05) is 57.8 Å². The molecule has 1 amide bonds. The first-order chi connectivity index (χ1) is 10.0. The standard InChI is InChI=1S/C17H19Br2NO/c1-3-17(4-2,11-18)20-16(21)14-6-5-13-10-15(19)8-7-12(13)9-14/h5-10H,3-4,11H2,1-2H3,(H,20,21). The maximum atomic E-state index is 12.5. The number of benzene rings is 2. The van der Waals surface area contributed by atoms with Gasteiger partial charge in [-0.15, -0.1) is 0 Å². The lowest BCUT2D eigenvalue weighted by Gasteiger charge is -2.31. The van der Waals surface area contributed by atoms with Gasteiger partial charge in [0.2, 0.25) is 0 Å². The van der Waals surface area contributed by atoms with Gasteiger partial charge in [-0.3, -0.25) is 4.79 Å². The molecule has 2 aromatic rings. The minimum atomic E-state index is -0.175. The Kier molecular flexibility index (Phi) is 5.44. The number of amides is 1. The van der Waals surface area contributed by atoms with Crippen molar-refractivity contribution in [2.75, 3.05) is 5.33 Å². The molecular formula is C17H19Br2NO. The average molecular weight is 413 g/mol. The summed E-state index contributed by atoms with van der Waals surface area (Å²) in [6.07, 6.45) is 1.81. The van der Waals surface area contributed by atoms with E-state index in [1.165, 1.54) is 0 Å². The van der Waals surface area contributed by atoms with E-state index in [0.29, 0.717) is 5.56 Å². The van der Waals surface area contributed by atoms with Crippen molar-refractivity contribution < 1.29 is 4.79 Å². The lowest BCUT2D eigenvalue weighted by molar-refractivity contribution is 0.0904. The summed E-state index contributed by atoms with van der Waals surface area (Å²) >= 11 is 6.99. The summed E-state index contributed by atoms with van der Waals surface area (Å²) in [5.41, 5.74) is 0.531. The second kappa shape index (κ2) is 6.93. The Labute approximate surface area is 142 Å². The van der Waals surface area contributed by atoms with Crippen LogP contribution in [0.1, 0.15) is 37.0 Å². The number of nitrogens with one attached hydrogen (secondary N) is 1. The molecule has 0 aromatic heterocycles. The highest BCUT2D eigenvalue weighted by atomic mass is 79.9. The molecule has 0 heterocycles. The molecule has 2 nitrogen and oxygen atoms in total. The van der Waals surface area contributed by atoms with Crippen LogP contribution in [-0.4, -0.2) is 16.8 Å². The van der Waals surface area contributed by atoms with Crippen LogP contribution in [0.3, 0.4) is 0 Å². The number of rotatable bonds is 5. The van der Waals surface area contributed by atoms with Crippen molar-refractivity contribution in [3.63, 3.8) is 0 Å². The molecular weight excluding hydrogens is 394 g/mol. The van der Waals surface area contributed by atoms with E-state index in [0.717, 1.165) is 33.4 Å². The second-order valence-electron chi connectivity index (χ2n) is 5.28. The van der Waals surface area contributed by atoms with Gasteiger partial charge >= 0.3 is 0 Å². The first kappa shape index (κ1) is 16.5. The lowest BCUT2D eigenvalue weighted by Crippen LogP contribution is -2.49. The minimum absolute atomic E-state index is 0.0111. The van der Waals surface area contributed by atoms with Crippen molar-refractivity contribution in [1.29, 1.82) is 0 Å². The number of fused-ring (bicyclic) bond motifs is 1. The van der Waals surface area contributed by atoms with E-state index in [9.17, 15) is 4.79 Å². The van der Waals surface area contributed by atoms with E-state index in [1.54, 1.807) is 0 Å². The van der Waals surface area contributed by atoms with Gasteiger partial charge < -0.3 is 5.32 Å². The van der Waals surface area contributed by atoms with Crippen molar-refractivity contribution in [3.8, 4) is 0 Å². The number of carbonyl (C=O) groups is 1. The van der Waals surface area contributed by atoms with Crippen molar-refractivity contribution >= 4 is 48.5 Å². The molecule has 0 radical (unpaired) electrons. The molecule has 112 valence electrons. The molecule has 0 spiro atoms. The molecule has 2 aromatic carbocycles. The SMILES string of the molecule is CCC(CC)(CBr)NC(=O)c1ccc2cc(Br)ccc2c1. The summed E-state index contributed by atoms with van der Waals surface area (Å²) in [5, 5.41) is 6.14. The Bertz CT molecular complexity index is 642. The van der Waals surface area contributed by atoms with Gasteiger partial charge in [-0.2, -0.15) is 0 Å². The zero-order valence-electron chi connectivity index (χ0n) is 12.2. The Balaban J connectivity index is 2.29. The van der Waals surface area contributed by atoms with Crippen molar-refractivity contribution in [1.82, 2.24) is 5.32 Å². The van der Waals surface area contributed by atoms with Crippen LogP contribution in [0.25, 0.3) is 10.8 Å². The fraction of sp³-hybridized carbons (Fsp3) is 0.353. The quantitative estimate of drug-likeness (QED) is 0.664. The Morgan fingerprint density at radius 3 is 2.33 bits per heavy atom. The zero-order valence-corrected chi connectivity index (χ0v) is 15.4. The number of hydrogen-bond acceptors (Lipinski definition) is 1. The molecule has 0 fully saturated rings. The largest absolute Gasteiger partial charge is 0.346 e. The van der Waals surface area contributed by atoms with Crippen molar-refractivity contribution in [2.24, 2.45) is 0 Å². The zero-order chi connectivity index (χ0) is 15.5. The predicted octanol–water partition coefficient (Wildman–Crippen LogP) is 5.29. The minimum Gasteiger partial charge on any atom is -0.346 e. The molecule has 4 heteroatoms. The molecule has 0 unspecified atom stereocenters. The van der Waals surface area contributed by atoms with Gasteiger partial charge in [0.1, 0.15) is 0 Å². The molecule has 0 bridgehead atoms. The van der Waals surface area contributed by atoms with E-state index < -0.39 is 0 Å². The third-order valence-corrected chi connectivity index (χ3v) is 5.62. The van der Waals surface area contributed by atoms with E-state index >= 15 is 0 Å². The van der Waals surface area contributed by atoms with Crippen LogP contribution >= 0.6 is 31.9 Å². The normalized spacial score (nSPS) is 11.6. The monoisotopic (exact) mass is 411 g/mol. The van der Waals surface area contributed by atoms with Gasteiger partial charge in [0.15, 0.2) is 0 Å². The average Bonchev–Trinajstić information content (AvgIpc) is 2.52. The second-order valence-corrected chi connectivity index (χ2v) is 6.76. The van der Waals surface area contributed by atoms with Gasteiger partial charge in [0.05, 0.1) is 0 Å². The third kappa shape index (κ3) is 3.67. The van der Waals surface area contributed by atoms with Crippen LogP contribution in [0.2, 0.25) is 0 Å². The van der Waals surface area contributed by atoms with E-state index in [-0.39, 0.29) is 11.4 Å². The number of alkyl halides is 1. The van der Waals surface area contributed by atoms with E-state index in [2.05, 4.69) is 57.1 Å². The topological polar surface area (TPSA) is 29.1 Å². The van der Waals surface area contributed by atoms with Crippen LogP contribution in [0.5, 0.6) is 0 Å². The Hall–Kier alpha value is -0.870. The smallest absolute Gasteiger partial charge is 0.251 e. The molecule has 0 saturated carbocycles. The van der Waals surface area contributed by atoms with E-state index in [1.807, 2.05) is 30.3 Å². The fourth-order valence-electron chi connectivity index (χ4n) is 2.32. The first-order valence-corrected chi connectivity index (χ1v) is 9.03. The van der Waals surface area contributed by atoms with Crippen LogP contribution in [-0.2, 0) is 0 Å². The highest BCUT2D eigenvalue weighted by Crippen LogP contribution is 2.22. The Morgan fingerprint density at radius 2 is 1.71 bits per heavy atom. The van der Waals surface area contributed by atoms with Gasteiger partial charge in [-0.05, 0) is 47.9 Å². The molecule has 21 heavy (non-hydrogen) atoms. The summed E-state index contributed by atoms with van der Waals surface area (Å²) in [4.78, 5) is 12.5. The van der Waals surface area contributed by atoms with Crippen LogP contribution in [0.15, 0.2) is 40.9 Å². The van der Waals surface area contributed by atoms with Gasteiger partial charge in [0.25, 0.3) is 5.91 Å². The fourth-order valence-corrected chi connectivity index (χ4v) is 3.63. The molecule has 2 rings (SSSR count). The summed E-state index contributed by atoms with van der Waals surface area (Å²) in [6.45, 7) is 4.20. The van der Waals surface area contributed by atoms with Crippen molar-refractivity contribution in [3.05, 3.63) is 46.4 Å². The Morgan fingerprint density at radius 1 is 1.10 bits per heavy atom. The summed E-state index contributed by atoms with van der Waals surface area (Å²) in [5.74, 6) is -0.0111. The number of hydrogen-bond donors (Lipinski definition) is 1. The maximum absolute atomic E-state index is 12.5. The number of halogens is 2. The highest BCUT2D eigenvalue weighted by molar-refractivity contribution is 9.10. The van der Waals surface area contributed by atoms with Gasteiger partial charge in [-0.25, -0.2) is 0 Å². The summed E-state index contributed by atoms with van der Waals surface area (Å²) in [7, 11) is 0. The predicted molar refractivity (Wildman–Crippen MR) is 96.2 cm³/mol. The van der Waals surface area contributed by atoms with Crippen molar-refractivity contribution in [2.45, 2.75) is 32.2 Å². The molecule has 0 atom stereocenters. The highest BCUT2D eigenvalue weighted by Gasteiger charge is 2.27. The van der Waals surface area contributed by atoms with Gasteiger partial charge in [0, 0.05) is 20.9 Å². The van der Waals surface area contributed by atoms with Crippen LogP contribution < -0.4 is 5.32 Å². The number of carbonyl (C=O) groups excluding carboxylic acids is 1. The third-order valence-electron chi connectivity index (χ3n) is 4.05. The molecule has 1 N–H and O–H groups in total. The summed E-state index contributed by atoms with van der Waals surface area (Å²) < 4.78 is 1.04. The van der Waals surface area contributed by atoms with Crippen LogP contribution in [0.4, 0.5) is 0 Å². The molecule has 0 aliphatic heterocycles. The van der Waals surface area contributed by atoms with E-state index in [4.69, 9.17) is 0 Å². The maximum Gasteiger partial charge on any atom is 0.251 e. The molecule has 0 aliphatic carbocycles. The molecule has 0 saturated heterocycles. The summed E-state index contributed by atoms with van der Waals surface area (Å²) in [6, 6.07) is 11.9. The van der Waals surface area contributed by atoms with Crippen LogP contribution in [0, 0.1) is 0 Å². The molecule has 0 aliphatic rings. The lowest BCUT2D eigenvalue weighted by atomic mass is 9.94. The first-order valence-electron chi connectivity index (χ1n) is 7.11.